The zero-order valence-corrected chi connectivity index (χ0v) is 55.1. The number of hydrogen-bond donors (Lipinski definition) is 3. The second-order valence-corrected chi connectivity index (χ2v) is 26.5. The normalized spacial score (nSPS) is 14.2. The third-order valence-electron chi connectivity index (χ3n) is 14.8. The van der Waals surface area contributed by atoms with Crippen molar-refractivity contribution in [1.82, 2.24) is 0 Å². The molecule has 492 valence electrons. The number of unbranched alkanes of at least 4 members (excludes halogenated alkanes) is 36. The lowest BCUT2D eigenvalue weighted by Gasteiger charge is -2.21. The molecular formula is C64H124O17P2. The third-order valence-corrected chi connectivity index (χ3v) is 16.7. The van der Waals surface area contributed by atoms with E-state index in [-0.39, 0.29) is 25.7 Å². The number of carbonyl (C=O) groups is 4. The molecule has 5 atom stereocenters. The Kier molecular flexibility index (Phi) is 56.4. The van der Waals surface area contributed by atoms with E-state index in [1.54, 1.807) is 0 Å². The average molecular weight is 1230 g/mol. The number of ether oxygens (including phenoxy) is 4. The third kappa shape index (κ3) is 58.8. The van der Waals surface area contributed by atoms with Crippen molar-refractivity contribution in [2.75, 3.05) is 39.6 Å². The van der Waals surface area contributed by atoms with E-state index in [1.165, 1.54) is 135 Å². The van der Waals surface area contributed by atoms with Gasteiger partial charge >= 0.3 is 39.5 Å². The predicted molar refractivity (Wildman–Crippen MR) is 331 cm³/mol. The van der Waals surface area contributed by atoms with Crippen LogP contribution in [-0.4, -0.2) is 96.7 Å². The molecule has 0 saturated heterocycles. The minimum absolute atomic E-state index is 0.104. The summed E-state index contributed by atoms with van der Waals surface area (Å²) < 4.78 is 67.7. The lowest BCUT2D eigenvalue weighted by atomic mass is 10.0. The van der Waals surface area contributed by atoms with Crippen molar-refractivity contribution in [1.29, 1.82) is 0 Å². The van der Waals surface area contributed by atoms with Crippen molar-refractivity contribution in [3.63, 3.8) is 0 Å². The number of rotatable bonds is 64. The molecule has 0 aromatic rings. The molecule has 3 N–H and O–H groups in total. The molecule has 0 rings (SSSR count). The number of aliphatic hydroxyl groups excluding tert-OH is 1. The highest BCUT2D eigenvalue weighted by Gasteiger charge is 2.30. The molecule has 0 aliphatic rings. The summed E-state index contributed by atoms with van der Waals surface area (Å²) in [6, 6.07) is 0. The Morgan fingerprint density at radius 1 is 0.325 bits per heavy atom. The minimum atomic E-state index is -4.94. The van der Waals surface area contributed by atoms with Crippen LogP contribution < -0.4 is 0 Å². The molecule has 0 aliphatic carbocycles. The molecule has 0 fully saturated rings. The van der Waals surface area contributed by atoms with Crippen LogP contribution in [0.4, 0.5) is 0 Å². The van der Waals surface area contributed by atoms with Gasteiger partial charge in [-0.1, -0.05) is 272 Å². The monoisotopic (exact) mass is 1230 g/mol. The molecule has 2 unspecified atom stereocenters. The number of esters is 4. The van der Waals surface area contributed by atoms with Gasteiger partial charge in [0.05, 0.1) is 26.4 Å². The highest BCUT2D eigenvalue weighted by atomic mass is 31.2. The summed E-state index contributed by atoms with van der Waals surface area (Å²) in [5, 5.41) is 10.5. The van der Waals surface area contributed by atoms with E-state index in [9.17, 15) is 43.2 Å². The fourth-order valence-electron chi connectivity index (χ4n) is 9.58. The van der Waals surface area contributed by atoms with Crippen molar-refractivity contribution in [3.05, 3.63) is 0 Å². The number of phosphoric ester groups is 2. The Morgan fingerprint density at radius 3 is 0.819 bits per heavy atom. The zero-order valence-electron chi connectivity index (χ0n) is 53.3. The maximum atomic E-state index is 13.0. The van der Waals surface area contributed by atoms with Crippen molar-refractivity contribution in [2.45, 2.75) is 342 Å². The maximum Gasteiger partial charge on any atom is 0.472 e. The molecule has 0 saturated carbocycles. The van der Waals surface area contributed by atoms with Crippen molar-refractivity contribution < 1.29 is 80.2 Å². The van der Waals surface area contributed by atoms with Crippen LogP contribution in [0, 0.1) is 5.92 Å². The molecule has 17 nitrogen and oxygen atoms in total. The Bertz CT molecular complexity index is 1620. The number of carbonyl (C=O) groups excluding carboxylic acids is 4. The molecule has 0 radical (unpaired) electrons. The van der Waals surface area contributed by atoms with Crippen LogP contribution in [0.2, 0.25) is 0 Å². The predicted octanol–water partition coefficient (Wildman–Crippen LogP) is 17.8. The van der Waals surface area contributed by atoms with Crippen LogP contribution in [0.1, 0.15) is 324 Å². The van der Waals surface area contributed by atoms with E-state index in [4.69, 9.17) is 37.0 Å². The van der Waals surface area contributed by atoms with Gasteiger partial charge in [-0.25, -0.2) is 9.13 Å². The number of phosphoric acid groups is 2. The van der Waals surface area contributed by atoms with E-state index < -0.39 is 97.5 Å². The van der Waals surface area contributed by atoms with Gasteiger partial charge in [0.15, 0.2) is 12.2 Å². The quantitative estimate of drug-likeness (QED) is 0.0222. The Labute approximate surface area is 505 Å². The highest BCUT2D eigenvalue weighted by Crippen LogP contribution is 2.45. The van der Waals surface area contributed by atoms with E-state index in [1.807, 2.05) is 0 Å². The second kappa shape index (κ2) is 57.8. The fraction of sp³-hybridized carbons (Fsp3) is 0.938. The van der Waals surface area contributed by atoms with Gasteiger partial charge in [-0.2, -0.15) is 0 Å². The first kappa shape index (κ1) is 81.1. The molecule has 0 heterocycles. The molecule has 19 heteroatoms. The van der Waals surface area contributed by atoms with Crippen LogP contribution in [0.3, 0.4) is 0 Å². The fourth-order valence-corrected chi connectivity index (χ4v) is 11.2. The Morgan fingerprint density at radius 2 is 0.554 bits per heavy atom. The van der Waals surface area contributed by atoms with E-state index in [0.717, 1.165) is 109 Å². The number of aliphatic hydroxyl groups is 1. The summed E-state index contributed by atoms with van der Waals surface area (Å²) >= 11 is 0. The topological polar surface area (TPSA) is 237 Å². The molecule has 0 spiro atoms. The van der Waals surface area contributed by atoms with Crippen LogP contribution in [0.25, 0.3) is 0 Å². The van der Waals surface area contributed by atoms with Gasteiger partial charge in [0.2, 0.25) is 0 Å². The van der Waals surface area contributed by atoms with Crippen LogP contribution in [0.15, 0.2) is 0 Å². The summed E-state index contributed by atoms with van der Waals surface area (Å²) in [7, 11) is -9.87. The summed E-state index contributed by atoms with van der Waals surface area (Å²) in [4.78, 5) is 71.8. The summed E-state index contributed by atoms with van der Waals surface area (Å²) in [5.41, 5.74) is 0. The minimum Gasteiger partial charge on any atom is -0.462 e. The second-order valence-electron chi connectivity index (χ2n) is 23.6. The summed E-state index contributed by atoms with van der Waals surface area (Å²) in [6.07, 6.45) is 42.2. The molecule has 0 aliphatic heterocycles. The average Bonchev–Trinajstić information content (AvgIpc) is 3.45. The molecule has 0 amide bonds. The van der Waals surface area contributed by atoms with E-state index in [0.29, 0.717) is 25.7 Å². The Balaban J connectivity index is 5.10. The Hall–Kier alpha value is -1.94. The highest BCUT2D eigenvalue weighted by molar-refractivity contribution is 7.47. The van der Waals surface area contributed by atoms with Gasteiger partial charge in [0.1, 0.15) is 19.3 Å². The van der Waals surface area contributed by atoms with Crippen LogP contribution in [0.5, 0.6) is 0 Å². The molecular weight excluding hydrogens is 1100 g/mol. The number of hydrogen-bond acceptors (Lipinski definition) is 15. The summed E-state index contributed by atoms with van der Waals surface area (Å²) in [6.45, 7) is 7.11. The lowest BCUT2D eigenvalue weighted by molar-refractivity contribution is -0.161. The molecule has 0 aromatic carbocycles. The van der Waals surface area contributed by atoms with Crippen molar-refractivity contribution in [2.24, 2.45) is 5.92 Å². The van der Waals surface area contributed by atoms with E-state index in [2.05, 4.69) is 34.6 Å². The van der Waals surface area contributed by atoms with Crippen molar-refractivity contribution >= 4 is 39.5 Å². The first-order valence-corrected chi connectivity index (χ1v) is 36.6. The first-order chi connectivity index (χ1) is 40.0. The largest absolute Gasteiger partial charge is 0.472 e. The van der Waals surface area contributed by atoms with Gasteiger partial charge in [0.25, 0.3) is 0 Å². The molecule has 0 aromatic heterocycles. The maximum absolute atomic E-state index is 13.0. The summed E-state index contributed by atoms with van der Waals surface area (Å²) in [5.74, 6) is -1.34. The van der Waals surface area contributed by atoms with Gasteiger partial charge < -0.3 is 33.8 Å². The lowest BCUT2D eigenvalue weighted by Crippen LogP contribution is -2.30. The van der Waals surface area contributed by atoms with Crippen LogP contribution >= 0.6 is 15.6 Å². The zero-order chi connectivity index (χ0) is 61.3. The van der Waals surface area contributed by atoms with E-state index >= 15 is 0 Å². The standard InChI is InChI=1S/C64H124O17P2/c1-6-9-12-15-17-19-26-30-34-38-43-48-62(67)75-54-60(81-64(69)50-45-40-35-31-28-25-23-21-20-22-24-27-29-32-37-41-46-57(4)5)56-79-83(72,73)77-52-58(65)51-76-82(70,71)78-55-59(53-74-61(66)47-42-36-14-11-8-3)80-63(68)49-44-39-33-18-16-13-10-7-2/h57-60,65H,6-56H2,1-5H3,(H,70,71)(H,72,73)/t58-,59+,60+/m0/s1. The first-order valence-electron chi connectivity index (χ1n) is 33.6. The molecule has 0 bridgehead atoms. The molecule has 83 heavy (non-hydrogen) atoms. The van der Waals surface area contributed by atoms with Gasteiger partial charge in [-0.3, -0.25) is 37.3 Å². The van der Waals surface area contributed by atoms with Crippen LogP contribution in [-0.2, 0) is 65.4 Å². The smallest absolute Gasteiger partial charge is 0.462 e. The van der Waals surface area contributed by atoms with Gasteiger partial charge in [-0.05, 0) is 31.6 Å². The van der Waals surface area contributed by atoms with Crippen molar-refractivity contribution in [3.8, 4) is 0 Å². The van der Waals surface area contributed by atoms with Gasteiger partial charge in [0, 0.05) is 25.7 Å². The SMILES string of the molecule is CCCCCCCCCCCCCC(=O)OC[C@H](COP(=O)(O)OC[C@@H](O)COP(=O)(O)OC[C@@H](COC(=O)CCCCCCC)OC(=O)CCCCCCCCCC)OC(=O)CCCCCCCCCCCCCCCCCCC(C)C. The van der Waals surface area contributed by atoms with Gasteiger partial charge in [-0.15, -0.1) is 0 Å².